The third kappa shape index (κ3) is 5.53. The molecule has 1 aliphatic rings. The molecule has 0 saturated carbocycles. The average Bonchev–Trinajstić information content (AvgIpc) is 2.78. The van der Waals surface area contributed by atoms with Crippen molar-refractivity contribution in [2.45, 2.75) is 19.3 Å². The van der Waals surface area contributed by atoms with E-state index in [0.29, 0.717) is 21.9 Å². The fourth-order valence-electron chi connectivity index (χ4n) is 3.16. The Labute approximate surface area is 184 Å². The number of amides is 2. The smallest absolute Gasteiger partial charge is 0.337 e. The third-order valence-corrected chi connectivity index (χ3v) is 5.79. The van der Waals surface area contributed by atoms with Crippen LogP contribution in [0.3, 0.4) is 0 Å². The van der Waals surface area contributed by atoms with Gasteiger partial charge in [-0.05, 0) is 36.8 Å². The van der Waals surface area contributed by atoms with Gasteiger partial charge in [-0.3, -0.25) is 9.59 Å². The molecule has 0 radical (unpaired) electrons. The van der Waals surface area contributed by atoms with Gasteiger partial charge in [0.25, 0.3) is 0 Å². The van der Waals surface area contributed by atoms with Gasteiger partial charge in [0.1, 0.15) is 0 Å². The van der Waals surface area contributed by atoms with Crippen LogP contribution in [0.4, 0.5) is 5.69 Å². The SMILES string of the molecule is COC(=O)c1ccc([C@H]2CC(=O)NC(SCC(=O)Nc3ccc(C)cc3)=C2C#N)cc1. The van der Waals surface area contributed by atoms with Gasteiger partial charge in [-0.2, -0.15) is 5.26 Å². The summed E-state index contributed by atoms with van der Waals surface area (Å²) in [5.74, 6) is -1.34. The fourth-order valence-corrected chi connectivity index (χ4v) is 4.04. The molecule has 2 N–H and O–H groups in total. The van der Waals surface area contributed by atoms with E-state index in [4.69, 9.17) is 4.74 Å². The summed E-state index contributed by atoms with van der Waals surface area (Å²) in [6.07, 6.45) is 0.111. The maximum Gasteiger partial charge on any atom is 0.337 e. The first-order valence-corrected chi connectivity index (χ1v) is 10.5. The molecule has 2 aromatic rings. The molecule has 0 aromatic heterocycles. The van der Waals surface area contributed by atoms with Crippen LogP contribution in [0, 0.1) is 18.3 Å². The lowest BCUT2D eigenvalue weighted by atomic mass is 9.87. The Bertz CT molecular complexity index is 1070. The number of nitrogens with one attached hydrogen (secondary N) is 2. The van der Waals surface area contributed by atoms with Gasteiger partial charge in [0.05, 0.1) is 35.1 Å². The van der Waals surface area contributed by atoms with Gasteiger partial charge >= 0.3 is 5.97 Å². The van der Waals surface area contributed by atoms with E-state index in [2.05, 4.69) is 16.7 Å². The van der Waals surface area contributed by atoms with Crippen LogP contribution in [0.1, 0.15) is 33.8 Å². The molecule has 8 heteroatoms. The van der Waals surface area contributed by atoms with Gasteiger partial charge in [0.15, 0.2) is 0 Å². The van der Waals surface area contributed by atoms with Crippen molar-refractivity contribution in [3.63, 3.8) is 0 Å². The third-order valence-electron chi connectivity index (χ3n) is 4.77. The summed E-state index contributed by atoms with van der Waals surface area (Å²) in [4.78, 5) is 36.2. The highest BCUT2D eigenvalue weighted by molar-refractivity contribution is 8.03. The molecule has 0 bridgehead atoms. The van der Waals surface area contributed by atoms with Crippen LogP contribution in [0.25, 0.3) is 0 Å². The lowest BCUT2D eigenvalue weighted by molar-refractivity contribution is -0.121. The van der Waals surface area contributed by atoms with Crippen molar-refractivity contribution in [2.75, 3.05) is 18.2 Å². The maximum absolute atomic E-state index is 12.3. The van der Waals surface area contributed by atoms with Crippen LogP contribution in [-0.4, -0.2) is 30.6 Å². The normalized spacial score (nSPS) is 15.6. The molecular weight excluding hydrogens is 414 g/mol. The maximum atomic E-state index is 12.3. The Hall–Kier alpha value is -3.57. The molecule has 158 valence electrons. The average molecular weight is 436 g/mol. The summed E-state index contributed by atoms with van der Waals surface area (Å²) in [5, 5.41) is 15.6. The molecule has 2 amide bonds. The molecule has 0 fully saturated rings. The highest BCUT2D eigenvalue weighted by atomic mass is 32.2. The summed E-state index contributed by atoms with van der Waals surface area (Å²) >= 11 is 1.11. The molecular formula is C23H21N3O4S. The predicted octanol–water partition coefficient (Wildman–Crippen LogP) is 3.49. The number of hydrogen-bond donors (Lipinski definition) is 2. The number of nitriles is 1. The number of esters is 1. The van der Waals surface area contributed by atoms with Gasteiger partial charge in [0.2, 0.25) is 11.8 Å². The zero-order valence-corrected chi connectivity index (χ0v) is 17.9. The Morgan fingerprint density at radius 3 is 2.48 bits per heavy atom. The number of aryl methyl sites for hydroxylation is 1. The van der Waals surface area contributed by atoms with Crippen molar-refractivity contribution >= 4 is 35.2 Å². The monoisotopic (exact) mass is 435 g/mol. The molecule has 7 nitrogen and oxygen atoms in total. The molecule has 1 atom stereocenters. The largest absolute Gasteiger partial charge is 0.465 e. The van der Waals surface area contributed by atoms with E-state index in [-0.39, 0.29) is 24.0 Å². The van der Waals surface area contributed by atoms with Crippen molar-refractivity contribution in [2.24, 2.45) is 0 Å². The van der Waals surface area contributed by atoms with Crippen LogP contribution in [0.15, 0.2) is 59.1 Å². The Kier molecular flexibility index (Phi) is 7.11. The number of carbonyl (C=O) groups is 3. The molecule has 0 saturated heterocycles. The van der Waals surface area contributed by atoms with E-state index in [1.807, 2.05) is 31.2 Å². The number of hydrogen-bond acceptors (Lipinski definition) is 6. The van der Waals surface area contributed by atoms with Gasteiger partial charge < -0.3 is 15.4 Å². The Balaban J connectivity index is 1.74. The van der Waals surface area contributed by atoms with E-state index in [0.717, 1.165) is 22.9 Å². The molecule has 0 spiro atoms. The topological polar surface area (TPSA) is 108 Å². The highest BCUT2D eigenvalue weighted by Crippen LogP contribution is 2.36. The molecule has 1 aliphatic heterocycles. The number of rotatable bonds is 6. The number of allylic oxidation sites excluding steroid dienone is 1. The van der Waals surface area contributed by atoms with Crippen molar-refractivity contribution in [1.29, 1.82) is 5.26 Å². The molecule has 0 unspecified atom stereocenters. The number of carbonyl (C=O) groups excluding carboxylic acids is 3. The van der Waals surface area contributed by atoms with Crippen LogP contribution in [-0.2, 0) is 14.3 Å². The van der Waals surface area contributed by atoms with E-state index >= 15 is 0 Å². The first-order chi connectivity index (χ1) is 14.9. The number of ether oxygens (including phenoxy) is 1. The Morgan fingerprint density at radius 1 is 1.19 bits per heavy atom. The zero-order chi connectivity index (χ0) is 22.4. The highest BCUT2D eigenvalue weighted by Gasteiger charge is 2.30. The van der Waals surface area contributed by atoms with E-state index < -0.39 is 11.9 Å². The van der Waals surface area contributed by atoms with Gasteiger partial charge in [-0.15, -0.1) is 0 Å². The van der Waals surface area contributed by atoms with E-state index in [9.17, 15) is 19.6 Å². The summed E-state index contributed by atoms with van der Waals surface area (Å²) in [5.41, 5.74) is 3.28. The Morgan fingerprint density at radius 2 is 1.87 bits per heavy atom. The molecule has 0 aliphatic carbocycles. The van der Waals surface area contributed by atoms with Crippen molar-refractivity contribution < 1.29 is 19.1 Å². The van der Waals surface area contributed by atoms with Gasteiger partial charge in [-0.1, -0.05) is 41.6 Å². The first-order valence-electron chi connectivity index (χ1n) is 9.53. The van der Waals surface area contributed by atoms with Crippen molar-refractivity contribution in [3.05, 3.63) is 75.8 Å². The number of benzene rings is 2. The molecule has 3 rings (SSSR count). The number of nitrogens with zero attached hydrogens (tertiary/aromatic N) is 1. The fraction of sp³-hybridized carbons (Fsp3) is 0.217. The summed E-state index contributed by atoms with van der Waals surface area (Å²) in [6.45, 7) is 1.96. The molecule has 31 heavy (non-hydrogen) atoms. The molecule has 2 aromatic carbocycles. The lowest BCUT2D eigenvalue weighted by Gasteiger charge is -2.25. The number of methoxy groups -OCH3 is 1. The van der Waals surface area contributed by atoms with Crippen molar-refractivity contribution in [1.82, 2.24) is 5.32 Å². The van der Waals surface area contributed by atoms with E-state index in [1.54, 1.807) is 24.3 Å². The zero-order valence-electron chi connectivity index (χ0n) is 17.1. The second-order valence-corrected chi connectivity index (χ2v) is 7.96. The van der Waals surface area contributed by atoms with E-state index in [1.165, 1.54) is 7.11 Å². The van der Waals surface area contributed by atoms with Crippen LogP contribution >= 0.6 is 11.8 Å². The molecule has 1 heterocycles. The second-order valence-electron chi connectivity index (χ2n) is 6.98. The van der Waals surface area contributed by atoms with Crippen LogP contribution in [0.2, 0.25) is 0 Å². The van der Waals surface area contributed by atoms with Crippen LogP contribution < -0.4 is 10.6 Å². The van der Waals surface area contributed by atoms with Gasteiger partial charge in [-0.25, -0.2) is 4.79 Å². The quantitative estimate of drug-likeness (QED) is 0.673. The minimum absolute atomic E-state index is 0.0443. The summed E-state index contributed by atoms with van der Waals surface area (Å²) in [6, 6.07) is 16.2. The number of anilines is 1. The number of thioether (sulfide) groups is 1. The van der Waals surface area contributed by atoms with Gasteiger partial charge in [0, 0.05) is 18.0 Å². The lowest BCUT2D eigenvalue weighted by Crippen LogP contribution is -2.31. The second kappa shape index (κ2) is 9.96. The standard InChI is InChI=1S/C23H21N3O4S/c1-14-3-9-17(10-4-14)25-21(28)13-31-22-19(12-24)18(11-20(27)26-22)15-5-7-16(8-6-15)23(29)30-2/h3-10,18H,11,13H2,1-2H3,(H,25,28)(H,26,27)/t18-/m1/s1. The first kappa shape index (κ1) is 22.1. The van der Waals surface area contributed by atoms with Crippen molar-refractivity contribution in [3.8, 4) is 6.07 Å². The minimum Gasteiger partial charge on any atom is -0.465 e. The minimum atomic E-state index is -0.459. The summed E-state index contributed by atoms with van der Waals surface area (Å²) < 4.78 is 4.69. The summed E-state index contributed by atoms with van der Waals surface area (Å²) in [7, 11) is 1.30. The van der Waals surface area contributed by atoms with Crippen LogP contribution in [0.5, 0.6) is 0 Å². The predicted molar refractivity (Wildman–Crippen MR) is 118 cm³/mol.